The number of hydrogen-bond acceptors (Lipinski definition) is 3. The van der Waals surface area contributed by atoms with Crippen molar-refractivity contribution in [2.24, 2.45) is 0 Å². The van der Waals surface area contributed by atoms with Crippen LogP contribution in [0.25, 0.3) is 0 Å². The molecule has 144 valence electrons. The van der Waals surface area contributed by atoms with Crippen molar-refractivity contribution in [3.63, 3.8) is 0 Å². The highest BCUT2D eigenvalue weighted by atomic mass is 15.2. The number of nitrogens with zero attached hydrogens (tertiary/aromatic N) is 2. The monoisotopic (exact) mass is 379 g/mol. The maximum atomic E-state index is 6.29. The third kappa shape index (κ3) is 4.37. The van der Waals surface area contributed by atoms with E-state index in [1.54, 1.807) is 0 Å². The highest BCUT2D eigenvalue weighted by Crippen LogP contribution is 2.34. The third-order valence-corrected chi connectivity index (χ3v) is 4.87. The molecule has 0 aliphatic rings. The number of hydrogen-bond donors (Lipinski definition) is 1. The van der Waals surface area contributed by atoms with Crippen molar-refractivity contribution in [1.29, 1.82) is 0 Å². The number of rotatable bonds is 6. The molecule has 0 spiro atoms. The summed E-state index contributed by atoms with van der Waals surface area (Å²) in [7, 11) is 0. The zero-order valence-electron chi connectivity index (χ0n) is 16.9. The molecule has 0 aliphatic heterocycles. The quantitative estimate of drug-likeness (QED) is 0.450. The van der Waals surface area contributed by atoms with Gasteiger partial charge in [-0.2, -0.15) is 0 Å². The Morgan fingerprint density at radius 1 is 0.655 bits per heavy atom. The summed E-state index contributed by atoms with van der Waals surface area (Å²) in [6.07, 6.45) is 11.0. The summed E-state index contributed by atoms with van der Waals surface area (Å²) in [5.41, 5.74) is 13.0. The maximum absolute atomic E-state index is 6.29. The van der Waals surface area contributed by atoms with E-state index in [2.05, 4.69) is 41.6 Å². The molecule has 3 rings (SSSR count). The summed E-state index contributed by atoms with van der Waals surface area (Å²) in [6.45, 7) is 5.85. The molecule has 0 atom stereocenters. The molecule has 0 radical (unpaired) electrons. The second-order valence-corrected chi connectivity index (χ2v) is 6.65. The Hall–Kier alpha value is -3.82. The lowest BCUT2D eigenvalue weighted by Crippen LogP contribution is -2.19. The van der Waals surface area contributed by atoms with Gasteiger partial charge in [0, 0.05) is 52.7 Å². The summed E-state index contributed by atoms with van der Waals surface area (Å²) in [5, 5.41) is 0. The van der Waals surface area contributed by atoms with Gasteiger partial charge < -0.3 is 15.5 Å². The topological polar surface area (TPSA) is 32.5 Å². The predicted octanol–water partition coefficient (Wildman–Crippen LogP) is 5.55. The fourth-order valence-electron chi connectivity index (χ4n) is 3.43. The molecule has 3 nitrogen and oxygen atoms in total. The Balaban J connectivity index is 2.00. The molecule has 0 amide bonds. The van der Waals surface area contributed by atoms with Crippen molar-refractivity contribution in [2.75, 3.05) is 28.6 Å². The number of benzene rings is 3. The van der Waals surface area contributed by atoms with Crippen LogP contribution in [0.4, 0.5) is 28.4 Å². The number of nitrogen functional groups attached to an aromatic ring is 1. The van der Waals surface area contributed by atoms with Gasteiger partial charge in [0.1, 0.15) is 0 Å². The first kappa shape index (κ1) is 19.9. The molecule has 0 aromatic heterocycles. The fraction of sp³-hybridized carbons (Fsp3) is 0.154. The van der Waals surface area contributed by atoms with E-state index in [1.165, 1.54) is 0 Å². The van der Waals surface area contributed by atoms with E-state index in [4.69, 9.17) is 18.6 Å². The maximum Gasteiger partial charge on any atom is 0.0452 e. The Kier molecular flexibility index (Phi) is 6.12. The molecule has 0 saturated carbocycles. The smallest absolute Gasteiger partial charge is 0.0452 e. The molecule has 3 aromatic carbocycles. The van der Waals surface area contributed by atoms with Crippen molar-refractivity contribution < 1.29 is 0 Å². The molecule has 0 aliphatic carbocycles. The van der Waals surface area contributed by atoms with Gasteiger partial charge in [-0.25, -0.2) is 0 Å². The van der Waals surface area contributed by atoms with Gasteiger partial charge in [0.25, 0.3) is 0 Å². The van der Waals surface area contributed by atoms with Gasteiger partial charge in [0.2, 0.25) is 0 Å². The average molecular weight is 380 g/mol. The number of terminal acetylenes is 2. The first-order chi connectivity index (χ1) is 14.1. The first-order valence-corrected chi connectivity index (χ1v) is 9.68. The van der Waals surface area contributed by atoms with E-state index in [-0.39, 0.29) is 0 Å². The predicted molar refractivity (Wildman–Crippen MR) is 125 cm³/mol. The molecule has 0 fully saturated rings. The van der Waals surface area contributed by atoms with E-state index >= 15 is 0 Å². The van der Waals surface area contributed by atoms with Crippen molar-refractivity contribution in [1.82, 2.24) is 0 Å². The number of nitrogens with two attached hydrogens (primary N) is 1. The van der Waals surface area contributed by atoms with E-state index in [1.807, 2.05) is 60.7 Å². The van der Waals surface area contributed by atoms with Crippen LogP contribution in [0.1, 0.15) is 25.0 Å². The van der Waals surface area contributed by atoms with Crippen LogP contribution in [0.2, 0.25) is 0 Å². The van der Waals surface area contributed by atoms with Crippen LogP contribution in [-0.2, 0) is 0 Å². The number of anilines is 5. The van der Waals surface area contributed by atoms with Crippen molar-refractivity contribution in [3.05, 3.63) is 77.9 Å². The first-order valence-electron chi connectivity index (χ1n) is 9.68. The van der Waals surface area contributed by atoms with Gasteiger partial charge in [-0.15, -0.1) is 12.8 Å². The summed E-state index contributed by atoms with van der Waals surface area (Å²) >= 11 is 0. The third-order valence-electron chi connectivity index (χ3n) is 4.87. The van der Waals surface area contributed by atoms with Crippen LogP contribution in [0.5, 0.6) is 0 Å². The van der Waals surface area contributed by atoms with E-state index in [0.717, 1.165) is 52.7 Å². The second-order valence-electron chi connectivity index (χ2n) is 6.65. The lowest BCUT2D eigenvalue weighted by Gasteiger charge is -2.28. The van der Waals surface area contributed by atoms with Crippen molar-refractivity contribution >= 4 is 28.4 Å². The highest BCUT2D eigenvalue weighted by Gasteiger charge is 2.13. The van der Waals surface area contributed by atoms with Crippen LogP contribution >= 0.6 is 0 Å². The van der Waals surface area contributed by atoms with Gasteiger partial charge >= 0.3 is 0 Å². The molecule has 2 N–H and O–H groups in total. The summed E-state index contributed by atoms with van der Waals surface area (Å²) < 4.78 is 0. The molecular weight excluding hydrogens is 354 g/mol. The van der Waals surface area contributed by atoms with Crippen molar-refractivity contribution in [3.8, 4) is 24.7 Å². The van der Waals surface area contributed by atoms with Crippen LogP contribution in [0, 0.1) is 24.7 Å². The zero-order chi connectivity index (χ0) is 20.8. The lowest BCUT2D eigenvalue weighted by atomic mass is 10.1. The molecule has 0 saturated heterocycles. The standard InChI is InChI=1S/C26H25N3/c1-5-20-9-13-23(14-10-20)28(7-3)25-17-22(27)18-26(19-25)29(8-4)24-15-11-21(6-2)12-16-24/h1-2,9-19H,7-8,27H2,3-4H3. The summed E-state index contributed by atoms with van der Waals surface area (Å²) in [5.74, 6) is 5.32. The lowest BCUT2D eigenvalue weighted by molar-refractivity contribution is 1.01. The molecule has 3 heteroatoms. The zero-order valence-corrected chi connectivity index (χ0v) is 16.9. The molecule has 3 aromatic rings. The van der Waals surface area contributed by atoms with Gasteiger partial charge in [0.05, 0.1) is 0 Å². The van der Waals surface area contributed by atoms with Crippen LogP contribution in [-0.4, -0.2) is 13.1 Å². The molecule has 0 heterocycles. The van der Waals surface area contributed by atoms with Crippen LogP contribution < -0.4 is 15.5 Å². The van der Waals surface area contributed by atoms with Crippen LogP contribution in [0.15, 0.2) is 66.7 Å². The highest BCUT2D eigenvalue weighted by molar-refractivity contribution is 5.76. The minimum absolute atomic E-state index is 0.717. The molecular formula is C26H25N3. The van der Waals surface area contributed by atoms with Gasteiger partial charge in [0.15, 0.2) is 0 Å². The Morgan fingerprint density at radius 3 is 1.34 bits per heavy atom. The van der Waals surface area contributed by atoms with E-state index in [0.29, 0.717) is 0 Å². The Morgan fingerprint density at radius 2 is 1.03 bits per heavy atom. The van der Waals surface area contributed by atoms with Crippen molar-refractivity contribution in [2.45, 2.75) is 13.8 Å². The fourth-order valence-corrected chi connectivity index (χ4v) is 3.43. The SMILES string of the molecule is C#Cc1ccc(N(CC)c2cc(N)cc(N(CC)c3ccc(C#C)cc3)c2)cc1. The molecule has 0 unspecified atom stereocenters. The van der Waals surface area contributed by atoms with E-state index < -0.39 is 0 Å². The minimum atomic E-state index is 0.717. The van der Waals surface area contributed by atoms with E-state index in [9.17, 15) is 0 Å². The Bertz CT molecular complexity index is 967. The summed E-state index contributed by atoms with van der Waals surface area (Å²) in [6, 6.07) is 22.1. The van der Waals surface area contributed by atoms with Gasteiger partial charge in [-0.3, -0.25) is 0 Å². The second kappa shape index (κ2) is 8.91. The summed E-state index contributed by atoms with van der Waals surface area (Å²) in [4.78, 5) is 4.44. The minimum Gasteiger partial charge on any atom is -0.399 e. The molecule has 29 heavy (non-hydrogen) atoms. The van der Waals surface area contributed by atoms with Gasteiger partial charge in [-0.1, -0.05) is 11.8 Å². The normalized spacial score (nSPS) is 10.1. The van der Waals surface area contributed by atoms with Gasteiger partial charge in [-0.05, 0) is 80.6 Å². The molecule has 0 bridgehead atoms. The Labute approximate surface area is 173 Å². The largest absolute Gasteiger partial charge is 0.399 e. The average Bonchev–Trinajstić information content (AvgIpc) is 2.75. The van der Waals surface area contributed by atoms with Crippen LogP contribution in [0.3, 0.4) is 0 Å².